The lowest BCUT2D eigenvalue weighted by Gasteiger charge is -2.40. The number of aryl methyl sites for hydroxylation is 1. The van der Waals surface area contributed by atoms with Crippen LogP contribution in [-0.2, 0) is 19.1 Å². The molecule has 6 heteroatoms. The highest BCUT2D eigenvalue weighted by molar-refractivity contribution is 6.30. The number of ketones is 1. The standard InChI is InChI=1S/C26H28ClNO4/c1-15-4-5-19(18-6-8-20(27)9-7-18)14-21(15)22-23(29)25(28-24(22)30)10-12-26(13-11-25)31-16(2)17(3)32-26/h4-9,14,16-17,22H,10-13H2,1-3H3,(H,28,30). The summed E-state index contributed by atoms with van der Waals surface area (Å²) >= 11 is 6.03. The monoisotopic (exact) mass is 453 g/mol. The van der Waals surface area contributed by atoms with Gasteiger partial charge in [0.2, 0.25) is 5.91 Å². The molecule has 1 aliphatic carbocycles. The van der Waals surface area contributed by atoms with Gasteiger partial charge in [-0.15, -0.1) is 0 Å². The molecule has 1 N–H and O–H groups in total. The summed E-state index contributed by atoms with van der Waals surface area (Å²) in [5.41, 5.74) is 2.83. The van der Waals surface area contributed by atoms with E-state index in [1.807, 2.05) is 63.2 Å². The van der Waals surface area contributed by atoms with Crippen molar-refractivity contribution in [1.82, 2.24) is 5.32 Å². The van der Waals surface area contributed by atoms with Crippen LogP contribution in [0.2, 0.25) is 5.02 Å². The number of benzene rings is 2. The molecule has 2 aromatic carbocycles. The highest BCUT2D eigenvalue weighted by Gasteiger charge is 2.58. The lowest BCUT2D eigenvalue weighted by molar-refractivity contribution is -0.199. The first kappa shape index (κ1) is 21.6. The third-order valence-electron chi connectivity index (χ3n) is 7.45. The number of ether oxygens (including phenoxy) is 2. The number of rotatable bonds is 2. The van der Waals surface area contributed by atoms with Gasteiger partial charge in [-0.05, 0) is 74.1 Å². The normalized spacial score (nSPS) is 34.4. The zero-order chi connectivity index (χ0) is 22.7. The Morgan fingerprint density at radius 2 is 1.50 bits per heavy atom. The van der Waals surface area contributed by atoms with E-state index < -0.39 is 17.2 Å². The molecule has 3 aliphatic rings. The topological polar surface area (TPSA) is 64.6 Å². The Morgan fingerprint density at radius 3 is 2.12 bits per heavy atom. The minimum atomic E-state index is -0.836. The van der Waals surface area contributed by atoms with Crippen LogP contribution in [0.5, 0.6) is 0 Å². The van der Waals surface area contributed by atoms with Gasteiger partial charge in [0.1, 0.15) is 11.5 Å². The lowest BCUT2D eigenvalue weighted by atomic mass is 9.74. The van der Waals surface area contributed by atoms with Crippen LogP contribution in [0.25, 0.3) is 11.1 Å². The van der Waals surface area contributed by atoms with E-state index in [-0.39, 0.29) is 23.9 Å². The number of hydrogen-bond acceptors (Lipinski definition) is 4. The second-order valence-electron chi connectivity index (χ2n) is 9.50. The predicted octanol–water partition coefficient (Wildman–Crippen LogP) is 4.93. The zero-order valence-electron chi connectivity index (χ0n) is 18.6. The summed E-state index contributed by atoms with van der Waals surface area (Å²) in [5, 5.41) is 3.74. The van der Waals surface area contributed by atoms with Gasteiger partial charge in [-0.1, -0.05) is 35.9 Å². The van der Waals surface area contributed by atoms with E-state index in [9.17, 15) is 9.59 Å². The van der Waals surface area contributed by atoms with E-state index in [0.29, 0.717) is 30.7 Å². The summed E-state index contributed by atoms with van der Waals surface area (Å²) in [7, 11) is 0. The molecule has 5 rings (SSSR count). The Hall–Kier alpha value is -2.21. The highest BCUT2D eigenvalue weighted by Crippen LogP contribution is 2.47. The summed E-state index contributed by atoms with van der Waals surface area (Å²) in [5.74, 6) is -1.66. The van der Waals surface area contributed by atoms with Crippen molar-refractivity contribution in [3.8, 4) is 11.1 Å². The molecule has 5 nitrogen and oxygen atoms in total. The SMILES string of the molecule is Cc1ccc(-c2ccc(Cl)cc2)cc1C1C(=O)NC2(CCC3(CC2)OC(C)C(C)O3)C1=O. The first-order valence-corrected chi connectivity index (χ1v) is 11.7. The largest absolute Gasteiger partial charge is 0.344 e. The van der Waals surface area contributed by atoms with Crippen LogP contribution in [0.1, 0.15) is 56.6 Å². The molecule has 1 amide bonds. The second-order valence-corrected chi connectivity index (χ2v) is 9.94. The number of amides is 1. The molecule has 3 fully saturated rings. The summed E-state index contributed by atoms with van der Waals surface area (Å²) in [6, 6.07) is 13.5. The van der Waals surface area contributed by atoms with Crippen molar-refractivity contribution < 1.29 is 19.1 Å². The summed E-state index contributed by atoms with van der Waals surface area (Å²) in [6.07, 6.45) is 2.33. The van der Waals surface area contributed by atoms with Crippen LogP contribution >= 0.6 is 11.6 Å². The van der Waals surface area contributed by atoms with Crippen molar-refractivity contribution >= 4 is 23.3 Å². The summed E-state index contributed by atoms with van der Waals surface area (Å²) in [6.45, 7) is 5.98. The molecule has 0 bridgehead atoms. The molecule has 3 atom stereocenters. The van der Waals surface area contributed by atoms with E-state index in [1.54, 1.807) is 0 Å². The number of Topliss-reactive ketones (excluding diaryl/α,β-unsaturated/α-hetero) is 1. The fourth-order valence-corrected chi connectivity index (χ4v) is 5.51. The van der Waals surface area contributed by atoms with Crippen molar-refractivity contribution in [3.63, 3.8) is 0 Å². The molecule has 2 heterocycles. The number of carbonyl (C=O) groups excluding carboxylic acids is 2. The minimum Gasteiger partial charge on any atom is -0.344 e. The maximum Gasteiger partial charge on any atom is 0.235 e. The zero-order valence-corrected chi connectivity index (χ0v) is 19.4. The van der Waals surface area contributed by atoms with Crippen LogP contribution in [-0.4, -0.2) is 35.2 Å². The van der Waals surface area contributed by atoms with Crippen LogP contribution < -0.4 is 5.32 Å². The highest BCUT2D eigenvalue weighted by atomic mass is 35.5. The Bertz CT molecular complexity index is 1060. The average molecular weight is 454 g/mol. The third kappa shape index (κ3) is 3.47. The molecule has 32 heavy (non-hydrogen) atoms. The first-order chi connectivity index (χ1) is 15.2. The molecule has 2 aliphatic heterocycles. The Labute approximate surface area is 193 Å². The molecule has 0 aromatic heterocycles. The Kier molecular flexibility index (Phi) is 5.19. The molecule has 1 saturated carbocycles. The van der Waals surface area contributed by atoms with Gasteiger partial charge in [0.15, 0.2) is 11.6 Å². The smallest absolute Gasteiger partial charge is 0.235 e. The van der Waals surface area contributed by atoms with Gasteiger partial charge in [0.05, 0.1) is 12.2 Å². The van der Waals surface area contributed by atoms with Gasteiger partial charge in [-0.2, -0.15) is 0 Å². The van der Waals surface area contributed by atoms with E-state index in [1.165, 1.54) is 0 Å². The first-order valence-electron chi connectivity index (χ1n) is 11.3. The molecule has 2 aromatic rings. The van der Waals surface area contributed by atoms with Gasteiger partial charge >= 0.3 is 0 Å². The van der Waals surface area contributed by atoms with Gasteiger partial charge in [-0.25, -0.2) is 0 Å². The molecular weight excluding hydrogens is 426 g/mol. The van der Waals surface area contributed by atoms with Crippen molar-refractivity contribution in [3.05, 3.63) is 58.6 Å². The molecule has 2 saturated heterocycles. The maximum atomic E-state index is 13.7. The van der Waals surface area contributed by atoms with E-state index in [0.717, 1.165) is 22.3 Å². The maximum absolute atomic E-state index is 13.7. The lowest BCUT2D eigenvalue weighted by Crippen LogP contribution is -2.53. The van der Waals surface area contributed by atoms with E-state index in [2.05, 4.69) is 5.32 Å². The second kappa shape index (κ2) is 7.68. The van der Waals surface area contributed by atoms with Crippen LogP contribution in [0, 0.1) is 6.92 Å². The van der Waals surface area contributed by atoms with Crippen molar-refractivity contribution in [1.29, 1.82) is 0 Å². The quantitative estimate of drug-likeness (QED) is 0.655. The van der Waals surface area contributed by atoms with Crippen LogP contribution in [0.15, 0.2) is 42.5 Å². The van der Waals surface area contributed by atoms with Gasteiger partial charge in [0.25, 0.3) is 0 Å². The number of carbonyl (C=O) groups is 2. The fraction of sp³-hybridized carbons (Fsp3) is 0.462. The van der Waals surface area contributed by atoms with Gasteiger partial charge < -0.3 is 14.8 Å². The minimum absolute atomic E-state index is 0.0314. The van der Waals surface area contributed by atoms with Crippen molar-refractivity contribution in [2.24, 2.45) is 0 Å². The van der Waals surface area contributed by atoms with Crippen LogP contribution in [0.4, 0.5) is 0 Å². The molecule has 3 unspecified atom stereocenters. The van der Waals surface area contributed by atoms with E-state index in [4.69, 9.17) is 21.1 Å². The molecule has 168 valence electrons. The van der Waals surface area contributed by atoms with Crippen molar-refractivity contribution in [2.75, 3.05) is 0 Å². The van der Waals surface area contributed by atoms with E-state index >= 15 is 0 Å². The Balaban J connectivity index is 1.41. The number of hydrogen-bond donors (Lipinski definition) is 1. The predicted molar refractivity (Wildman–Crippen MR) is 123 cm³/mol. The molecule has 2 spiro atoms. The fourth-order valence-electron chi connectivity index (χ4n) is 5.38. The average Bonchev–Trinajstić information content (AvgIpc) is 3.18. The van der Waals surface area contributed by atoms with Crippen LogP contribution in [0.3, 0.4) is 0 Å². The van der Waals surface area contributed by atoms with Crippen molar-refractivity contribution in [2.45, 2.75) is 75.9 Å². The number of nitrogens with one attached hydrogen (secondary N) is 1. The number of halogens is 1. The molecular formula is C26H28ClNO4. The summed E-state index contributed by atoms with van der Waals surface area (Å²) in [4.78, 5) is 26.8. The summed E-state index contributed by atoms with van der Waals surface area (Å²) < 4.78 is 12.2. The third-order valence-corrected chi connectivity index (χ3v) is 7.71. The molecule has 0 radical (unpaired) electrons. The van der Waals surface area contributed by atoms with Gasteiger partial charge in [-0.3, -0.25) is 9.59 Å². The van der Waals surface area contributed by atoms with Gasteiger partial charge in [0, 0.05) is 17.9 Å². The Morgan fingerprint density at radius 1 is 0.906 bits per heavy atom.